The second-order valence-electron chi connectivity index (χ2n) is 10.2. The van der Waals surface area contributed by atoms with E-state index in [4.69, 9.17) is 0 Å². The Morgan fingerprint density at radius 3 is 2.22 bits per heavy atom. The van der Waals surface area contributed by atoms with Crippen molar-refractivity contribution in [2.24, 2.45) is 5.92 Å². The molecule has 2 aromatic rings. The van der Waals surface area contributed by atoms with Crippen molar-refractivity contribution >= 4 is 11.9 Å². The second kappa shape index (κ2) is 12.4. The lowest BCUT2D eigenvalue weighted by Gasteiger charge is -2.32. The smallest absolute Gasteiger partial charge is 0.320 e. The standard InChI is InChI=1S/C30H41N3O3/c1-3-32(4-2)30(36)33(25-18-19-25)20-22-14-16-23(17-15-22)26-12-8-9-13-27(26)29(35)31-28(21-34)24-10-6-5-7-11-24/h5-7,10-11,14-17,25-28,34H,3-4,8-9,12-13,18-21H2,1-2H3,(H,31,35). The van der Waals surface area contributed by atoms with Gasteiger partial charge in [0.15, 0.2) is 0 Å². The van der Waals surface area contributed by atoms with Crippen LogP contribution in [0.5, 0.6) is 0 Å². The minimum atomic E-state index is -0.389. The monoisotopic (exact) mass is 491 g/mol. The van der Waals surface area contributed by atoms with Crippen molar-refractivity contribution in [1.29, 1.82) is 0 Å². The molecule has 194 valence electrons. The number of nitrogens with zero attached hydrogens (tertiary/aromatic N) is 2. The van der Waals surface area contributed by atoms with Crippen LogP contribution in [0.4, 0.5) is 4.79 Å². The van der Waals surface area contributed by atoms with Gasteiger partial charge in [-0.15, -0.1) is 0 Å². The summed E-state index contributed by atoms with van der Waals surface area (Å²) in [5.41, 5.74) is 3.24. The fourth-order valence-corrected chi connectivity index (χ4v) is 5.52. The fraction of sp³-hybridized carbons (Fsp3) is 0.533. The molecule has 2 N–H and O–H groups in total. The van der Waals surface area contributed by atoms with E-state index >= 15 is 0 Å². The number of urea groups is 1. The predicted octanol–water partition coefficient (Wildman–Crippen LogP) is 5.24. The molecule has 0 saturated heterocycles. The number of amides is 3. The first-order valence-corrected chi connectivity index (χ1v) is 13.7. The molecule has 0 aliphatic heterocycles. The maximum absolute atomic E-state index is 13.3. The molecular formula is C30H41N3O3. The predicted molar refractivity (Wildman–Crippen MR) is 142 cm³/mol. The highest BCUT2D eigenvalue weighted by molar-refractivity contribution is 5.80. The van der Waals surface area contributed by atoms with Gasteiger partial charge in [0, 0.05) is 31.6 Å². The Morgan fingerprint density at radius 2 is 1.61 bits per heavy atom. The van der Waals surface area contributed by atoms with Gasteiger partial charge in [0.1, 0.15) is 0 Å². The summed E-state index contributed by atoms with van der Waals surface area (Å²) in [5.74, 6) is 0.0886. The quantitative estimate of drug-likeness (QED) is 0.478. The molecule has 6 nitrogen and oxygen atoms in total. The molecule has 0 heterocycles. The van der Waals surface area contributed by atoms with E-state index < -0.39 is 0 Å². The number of hydrogen-bond donors (Lipinski definition) is 2. The van der Waals surface area contributed by atoms with E-state index in [9.17, 15) is 14.7 Å². The third-order valence-electron chi connectivity index (χ3n) is 7.83. The highest BCUT2D eigenvalue weighted by Crippen LogP contribution is 2.38. The van der Waals surface area contributed by atoms with Crippen molar-refractivity contribution in [2.75, 3.05) is 19.7 Å². The van der Waals surface area contributed by atoms with Gasteiger partial charge in [-0.3, -0.25) is 4.79 Å². The van der Waals surface area contributed by atoms with E-state index in [2.05, 4.69) is 29.6 Å². The largest absolute Gasteiger partial charge is 0.394 e. The molecule has 0 radical (unpaired) electrons. The van der Waals surface area contributed by atoms with E-state index in [1.165, 1.54) is 5.56 Å². The van der Waals surface area contributed by atoms with E-state index in [1.54, 1.807) is 0 Å². The second-order valence-corrected chi connectivity index (χ2v) is 10.2. The van der Waals surface area contributed by atoms with Gasteiger partial charge >= 0.3 is 6.03 Å². The van der Waals surface area contributed by atoms with Crippen LogP contribution in [0.2, 0.25) is 0 Å². The SMILES string of the molecule is CCN(CC)C(=O)N(Cc1ccc(C2CCCCC2C(=O)NC(CO)c2ccccc2)cc1)C1CC1. The molecule has 2 saturated carbocycles. The molecule has 6 heteroatoms. The van der Waals surface area contributed by atoms with Gasteiger partial charge in [-0.25, -0.2) is 4.79 Å². The van der Waals surface area contributed by atoms with Crippen molar-refractivity contribution in [2.45, 2.75) is 76.9 Å². The summed E-state index contributed by atoms with van der Waals surface area (Å²) in [4.78, 5) is 30.3. The zero-order valence-electron chi connectivity index (χ0n) is 21.7. The van der Waals surface area contributed by atoms with Gasteiger partial charge < -0.3 is 20.2 Å². The van der Waals surface area contributed by atoms with Crippen molar-refractivity contribution in [1.82, 2.24) is 15.1 Å². The lowest BCUT2D eigenvalue weighted by Crippen LogP contribution is -2.43. The highest BCUT2D eigenvalue weighted by Gasteiger charge is 2.35. The van der Waals surface area contributed by atoms with Crippen molar-refractivity contribution in [3.8, 4) is 0 Å². The Bertz CT molecular complexity index is 986. The van der Waals surface area contributed by atoms with E-state index in [1.807, 2.05) is 54.0 Å². The number of hydrogen-bond acceptors (Lipinski definition) is 3. The summed E-state index contributed by atoms with van der Waals surface area (Å²) in [5, 5.41) is 13.0. The van der Waals surface area contributed by atoms with Crippen molar-refractivity contribution in [3.05, 3.63) is 71.3 Å². The summed E-state index contributed by atoms with van der Waals surface area (Å²) in [6.45, 7) is 6.02. The number of aliphatic hydroxyl groups excluding tert-OH is 1. The molecule has 2 aliphatic rings. The van der Waals surface area contributed by atoms with Gasteiger partial charge in [0.25, 0.3) is 0 Å². The van der Waals surface area contributed by atoms with E-state index in [0.717, 1.165) is 62.7 Å². The molecule has 4 rings (SSSR count). The minimum Gasteiger partial charge on any atom is -0.394 e. The van der Waals surface area contributed by atoms with E-state index in [-0.39, 0.29) is 36.4 Å². The van der Waals surface area contributed by atoms with Gasteiger partial charge in [-0.1, -0.05) is 67.4 Å². The Morgan fingerprint density at radius 1 is 0.944 bits per heavy atom. The summed E-state index contributed by atoms with van der Waals surface area (Å²) in [6, 6.07) is 18.3. The molecule has 2 fully saturated rings. The maximum Gasteiger partial charge on any atom is 0.320 e. The third-order valence-corrected chi connectivity index (χ3v) is 7.83. The summed E-state index contributed by atoms with van der Waals surface area (Å²) >= 11 is 0. The maximum atomic E-state index is 13.3. The number of aliphatic hydroxyl groups is 1. The number of nitrogens with one attached hydrogen (secondary N) is 1. The number of carbonyl (C=O) groups is 2. The van der Waals surface area contributed by atoms with Crippen LogP contribution in [-0.4, -0.2) is 52.6 Å². The van der Waals surface area contributed by atoms with Crippen LogP contribution in [0.25, 0.3) is 0 Å². The van der Waals surface area contributed by atoms with Crippen LogP contribution in [-0.2, 0) is 11.3 Å². The minimum absolute atomic E-state index is 0.0245. The van der Waals surface area contributed by atoms with Crippen LogP contribution in [0.15, 0.2) is 54.6 Å². The average Bonchev–Trinajstić information content (AvgIpc) is 3.77. The van der Waals surface area contributed by atoms with Gasteiger partial charge in [0.2, 0.25) is 5.91 Å². The van der Waals surface area contributed by atoms with Crippen LogP contribution < -0.4 is 5.32 Å². The first kappa shape index (κ1) is 26.2. The lowest BCUT2D eigenvalue weighted by atomic mass is 9.74. The van der Waals surface area contributed by atoms with Crippen LogP contribution in [0.1, 0.15) is 81.0 Å². The first-order valence-electron chi connectivity index (χ1n) is 13.7. The number of carbonyl (C=O) groups excluding carboxylic acids is 2. The topological polar surface area (TPSA) is 72.9 Å². The van der Waals surface area contributed by atoms with Gasteiger partial charge in [-0.05, 0) is 62.1 Å². The van der Waals surface area contributed by atoms with E-state index in [0.29, 0.717) is 12.6 Å². The van der Waals surface area contributed by atoms with Crippen LogP contribution >= 0.6 is 0 Å². The molecule has 0 bridgehead atoms. The zero-order chi connectivity index (χ0) is 25.5. The van der Waals surface area contributed by atoms with Crippen LogP contribution in [0.3, 0.4) is 0 Å². The number of benzene rings is 2. The number of rotatable bonds is 10. The Hall–Kier alpha value is -2.86. The molecule has 36 heavy (non-hydrogen) atoms. The average molecular weight is 492 g/mol. The van der Waals surface area contributed by atoms with Crippen molar-refractivity contribution < 1.29 is 14.7 Å². The third kappa shape index (κ3) is 6.28. The van der Waals surface area contributed by atoms with Gasteiger partial charge in [-0.2, -0.15) is 0 Å². The molecule has 3 unspecified atom stereocenters. The summed E-state index contributed by atoms with van der Waals surface area (Å²) < 4.78 is 0. The summed E-state index contributed by atoms with van der Waals surface area (Å²) in [6.07, 6.45) is 6.18. The molecule has 2 aromatic carbocycles. The molecular weight excluding hydrogens is 450 g/mol. The summed E-state index contributed by atoms with van der Waals surface area (Å²) in [7, 11) is 0. The molecule has 0 aromatic heterocycles. The van der Waals surface area contributed by atoms with Crippen LogP contribution in [0, 0.1) is 5.92 Å². The molecule has 2 aliphatic carbocycles. The molecule has 3 amide bonds. The Labute approximate surface area is 215 Å². The van der Waals surface area contributed by atoms with Gasteiger partial charge in [0.05, 0.1) is 12.6 Å². The Kier molecular flexibility index (Phi) is 9.03. The highest BCUT2D eigenvalue weighted by atomic mass is 16.3. The molecule has 0 spiro atoms. The normalized spacial score (nSPS) is 20.4. The molecule has 3 atom stereocenters. The fourth-order valence-electron chi connectivity index (χ4n) is 5.52. The van der Waals surface area contributed by atoms with Crippen molar-refractivity contribution in [3.63, 3.8) is 0 Å². The zero-order valence-corrected chi connectivity index (χ0v) is 21.7. The first-order chi connectivity index (χ1) is 17.5. The lowest BCUT2D eigenvalue weighted by molar-refractivity contribution is -0.127. The Balaban J connectivity index is 1.44.